The molecule has 1 fully saturated rings. The van der Waals surface area contributed by atoms with Crippen molar-refractivity contribution < 1.29 is 9.90 Å². The first-order valence-electron chi connectivity index (χ1n) is 8.28. The highest BCUT2D eigenvalue weighted by atomic mass is 127. The van der Waals surface area contributed by atoms with Crippen LogP contribution in [-0.4, -0.2) is 43.2 Å². The molecular formula is C17H27IN4O2. The van der Waals surface area contributed by atoms with Crippen LogP contribution in [0.4, 0.5) is 0 Å². The van der Waals surface area contributed by atoms with E-state index in [9.17, 15) is 9.90 Å². The van der Waals surface area contributed by atoms with Crippen LogP contribution in [0.3, 0.4) is 0 Å². The molecule has 0 unspecified atom stereocenters. The molecule has 134 valence electrons. The second-order valence-electron chi connectivity index (χ2n) is 5.75. The number of carbonyl (C=O) groups excluding carboxylic acids is 1. The molecule has 0 spiro atoms. The van der Waals surface area contributed by atoms with Crippen LogP contribution in [0.25, 0.3) is 0 Å². The van der Waals surface area contributed by atoms with Gasteiger partial charge in [0.2, 0.25) is 0 Å². The van der Waals surface area contributed by atoms with Crippen LogP contribution in [0.1, 0.15) is 36.5 Å². The molecule has 0 aliphatic heterocycles. The Bertz CT molecular complexity index is 547. The lowest BCUT2D eigenvalue weighted by atomic mass is 10.2. The summed E-state index contributed by atoms with van der Waals surface area (Å²) in [4.78, 5) is 16.4. The Morgan fingerprint density at radius 2 is 2.00 bits per heavy atom. The molecule has 1 aromatic carbocycles. The van der Waals surface area contributed by atoms with Crippen molar-refractivity contribution in [2.75, 3.05) is 26.2 Å². The smallest absolute Gasteiger partial charge is 0.251 e. The molecule has 1 amide bonds. The number of aromatic hydroxyl groups is 1. The van der Waals surface area contributed by atoms with E-state index in [4.69, 9.17) is 0 Å². The van der Waals surface area contributed by atoms with E-state index >= 15 is 0 Å². The zero-order chi connectivity index (χ0) is 16.5. The zero-order valence-corrected chi connectivity index (χ0v) is 16.4. The van der Waals surface area contributed by atoms with Crippen molar-refractivity contribution in [3.63, 3.8) is 0 Å². The van der Waals surface area contributed by atoms with Gasteiger partial charge >= 0.3 is 0 Å². The van der Waals surface area contributed by atoms with Crippen LogP contribution < -0.4 is 16.0 Å². The van der Waals surface area contributed by atoms with Crippen LogP contribution in [0.5, 0.6) is 5.75 Å². The Morgan fingerprint density at radius 1 is 1.25 bits per heavy atom. The Morgan fingerprint density at radius 3 is 2.67 bits per heavy atom. The molecule has 0 bridgehead atoms. The highest BCUT2D eigenvalue weighted by molar-refractivity contribution is 14.0. The Balaban J connectivity index is 0.00000288. The van der Waals surface area contributed by atoms with Crippen LogP contribution in [0.2, 0.25) is 0 Å². The largest absolute Gasteiger partial charge is 0.508 e. The fourth-order valence-corrected chi connectivity index (χ4v) is 2.11. The zero-order valence-electron chi connectivity index (χ0n) is 14.0. The first kappa shape index (κ1) is 20.5. The number of nitrogens with one attached hydrogen (secondary N) is 3. The minimum atomic E-state index is -0.171. The van der Waals surface area contributed by atoms with E-state index in [1.54, 1.807) is 18.2 Å². The van der Waals surface area contributed by atoms with E-state index in [1.165, 1.54) is 18.9 Å². The average Bonchev–Trinajstić information content (AvgIpc) is 3.36. The molecule has 1 aliphatic rings. The summed E-state index contributed by atoms with van der Waals surface area (Å²) >= 11 is 0. The predicted molar refractivity (Wildman–Crippen MR) is 107 cm³/mol. The van der Waals surface area contributed by atoms with Crippen molar-refractivity contribution in [2.24, 2.45) is 10.9 Å². The van der Waals surface area contributed by atoms with E-state index < -0.39 is 0 Å². The van der Waals surface area contributed by atoms with Crippen molar-refractivity contribution in [1.29, 1.82) is 0 Å². The number of aliphatic imine (C=N–C) groups is 1. The van der Waals surface area contributed by atoms with Gasteiger partial charge in [-0.15, -0.1) is 24.0 Å². The Labute approximate surface area is 160 Å². The van der Waals surface area contributed by atoms with E-state index in [0.29, 0.717) is 12.1 Å². The molecule has 7 heteroatoms. The number of amides is 1. The van der Waals surface area contributed by atoms with Crippen LogP contribution in [-0.2, 0) is 0 Å². The maximum atomic E-state index is 11.9. The summed E-state index contributed by atoms with van der Waals surface area (Å²) in [7, 11) is 0. The monoisotopic (exact) mass is 446 g/mol. The third-order valence-electron chi connectivity index (χ3n) is 3.59. The number of hydrogen-bond donors (Lipinski definition) is 4. The summed E-state index contributed by atoms with van der Waals surface area (Å²) < 4.78 is 0. The number of carbonyl (C=O) groups is 1. The molecule has 1 aromatic rings. The molecule has 0 aromatic heterocycles. The van der Waals surface area contributed by atoms with Crippen molar-refractivity contribution in [3.05, 3.63) is 29.8 Å². The number of nitrogens with zero attached hydrogens (tertiary/aromatic N) is 1. The fourth-order valence-electron chi connectivity index (χ4n) is 2.11. The van der Waals surface area contributed by atoms with Crippen LogP contribution in [0.15, 0.2) is 29.3 Å². The molecule has 4 N–H and O–H groups in total. The molecule has 0 saturated heterocycles. The minimum absolute atomic E-state index is 0. The SMILES string of the molecule is CCNC(=NCC1CC1)NCCCNC(=O)c1cccc(O)c1.I. The van der Waals surface area contributed by atoms with Crippen molar-refractivity contribution in [3.8, 4) is 5.75 Å². The fraction of sp³-hybridized carbons (Fsp3) is 0.529. The number of benzene rings is 1. The third kappa shape index (κ3) is 7.85. The van der Waals surface area contributed by atoms with E-state index in [0.717, 1.165) is 37.9 Å². The molecule has 1 aliphatic carbocycles. The molecule has 0 heterocycles. The van der Waals surface area contributed by atoms with E-state index in [2.05, 4.69) is 20.9 Å². The third-order valence-corrected chi connectivity index (χ3v) is 3.59. The molecule has 24 heavy (non-hydrogen) atoms. The number of hydrogen-bond acceptors (Lipinski definition) is 3. The Kier molecular flexibility index (Phi) is 9.51. The van der Waals surface area contributed by atoms with Gasteiger partial charge in [-0.2, -0.15) is 0 Å². The van der Waals surface area contributed by atoms with E-state index in [-0.39, 0.29) is 35.6 Å². The number of guanidine groups is 1. The molecule has 0 radical (unpaired) electrons. The first-order valence-corrected chi connectivity index (χ1v) is 8.28. The molecule has 0 atom stereocenters. The van der Waals surface area contributed by atoms with Gasteiger partial charge < -0.3 is 21.1 Å². The topological polar surface area (TPSA) is 85.8 Å². The summed E-state index contributed by atoms with van der Waals surface area (Å²) in [5.41, 5.74) is 0.470. The second-order valence-corrected chi connectivity index (χ2v) is 5.75. The number of phenols is 1. The van der Waals surface area contributed by atoms with Gasteiger partial charge in [-0.05, 0) is 50.3 Å². The lowest BCUT2D eigenvalue weighted by Gasteiger charge is -2.11. The van der Waals surface area contributed by atoms with Gasteiger partial charge in [-0.3, -0.25) is 9.79 Å². The minimum Gasteiger partial charge on any atom is -0.508 e. The molecule has 1 saturated carbocycles. The van der Waals surface area contributed by atoms with E-state index in [1.807, 2.05) is 6.92 Å². The van der Waals surface area contributed by atoms with Crippen molar-refractivity contribution in [1.82, 2.24) is 16.0 Å². The first-order chi connectivity index (χ1) is 11.2. The van der Waals surface area contributed by atoms with Crippen LogP contribution in [0, 0.1) is 5.92 Å². The summed E-state index contributed by atoms with van der Waals surface area (Å²) in [5.74, 6) is 1.54. The molecular weight excluding hydrogens is 419 g/mol. The highest BCUT2D eigenvalue weighted by Crippen LogP contribution is 2.28. The van der Waals surface area contributed by atoms with Gasteiger partial charge in [-0.25, -0.2) is 0 Å². The number of halogens is 1. The van der Waals surface area contributed by atoms with Crippen molar-refractivity contribution in [2.45, 2.75) is 26.2 Å². The number of rotatable bonds is 8. The maximum Gasteiger partial charge on any atom is 0.251 e. The summed E-state index contributed by atoms with van der Waals surface area (Å²) in [6.07, 6.45) is 3.40. The summed E-state index contributed by atoms with van der Waals surface area (Å²) in [6.45, 7) is 5.10. The normalized spacial score (nSPS) is 13.8. The van der Waals surface area contributed by atoms with Gasteiger partial charge in [0.05, 0.1) is 0 Å². The number of phenolic OH excluding ortho intramolecular Hbond substituents is 1. The highest BCUT2D eigenvalue weighted by Gasteiger charge is 2.20. The Hall–Kier alpha value is -1.51. The van der Waals surface area contributed by atoms with Gasteiger partial charge in [0.15, 0.2) is 5.96 Å². The van der Waals surface area contributed by atoms with Gasteiger partial charge in [0.1, 0.15) is 5.75 Å². The summed E-state index contributed by atoms with van der Waals surface area (Å²) in [6, 6.07) is 6.34. The quantitative estimate of drug-likeness (QED) is 0.213. The maximum absolute atomic E-state index is 11.9. The van der Waals surface area contributed by atoms with Crippen LogP contribution >= 0.6 is 24.0 Å². The second kappa shape index (κ2) is 11.1. The lowest BCUT2D eigenvalue weighted by molar-refractivity contribution is 0.0953. The molecule has 2 rings (SSSR count). The standard InChI is InChI=1S/C17H26N4O2.HI/c1-2-18-17(21-12-13-7-8-13)20-10-4-9-19-16(23)14-5-3-6-15(22)11-14;/h3,5-6,11,13,22H,2,4,7-10,12H2,1H3,(H,19,23)(H2,18,20,21);1H. The predicted octanol–water partition coefficient (Wildman–Crippen LogP) is 2.10. The van der Waals surface area contributed by atoms with Gasteiger partial charge in [0, 0.05) is 31.7 Å². The van der Waals surface area contributed by atoms with Gasteiger partial charge in [-0.1, -0.05) is 6.07 Å². The van der Waals surface area contributed by atoms with Crippen molar-refractivity contribution >= 4 is 35.8 Å². The van der Waals surface area contributed by atoms with Gasteiger partial charge in [0.25, 0.3) is 5.91 Å². The lowest BCUT2D eigenvalue weighted by Crippen LogP contribution is -2.39. The summed E-state index contributed by atoms with van der Waals surface area (Å²) in [5, 5.41) is 18.7. The molecule has 6 nitrogen and oxygen atoms in total. The average molecular weight is 446 g/mol.